The van der Waals surface area contributed by atoms with Crippen molar-refractivity contribution in [2.24, 2.45) is 0 Å². The number of aromatic nitrogens is 1. The van der Waals surface area contributed by atoms with Crippen molar-refractivity contribution in [1.29, 1.82) is 0 Å². The number of nitrogens with zero attached hydrogens (tertiary/aromatic N) is 2. The van der Waals surface area contributed by atoms with Gasteiger partial charge in [0.15, 0.2) is 0 Å². The molecule has 0 bridgehead atoms. The second-order valence-corrected chi connectivity index (χ2v) is 6.15. The molecule has 0 atom stereocenters. The number of carbonyl (C=O) groups excluding carboxylic acids is 1. The minimum atomic E-state index is -0.156. The van der Waals surface area contributed by atoms with Crippen molar-refractivity contribution >= 4 is 34.6 Å². The molecule has 0 radical (unpaired) electrons. The maximum absolute atomic E-state index is 12.5. The van der Waals surface area contributed by atoms with Gasteiger partial charge in [-0.25, -0.2) is 4.98 Å². The fraction of sp³-hybridized carbons (Fsp3) is 0.100. The van der Waals surface area contributed by atoms with Gasteiger partial charge in [0, 0.05) is 23.4 Å². The van der Waals surface area contributed by atoms with E-state index in [1.165, 1.54) is 0 Å². The molecule has 1 amide bonds. The molecule has 1 N–H and O–H groups in total. The highest BCUT2D eigenvalue weighted by molar-refractivity contribution is 6.30. The maximum Gasteiger partial charge on any atom is 0.276 e. The van der Waals surface area contributed by atoms with Gasteiger partial charge >= 0.3 is 0 Å². The Morgan fingerprint density at radius 1 is 1.08 bits per heavy atom. The third kappa shape index (κ3) is 3.98. The first-order valence-electron chi connectivity index (χ1n) is 7.87. The highest BCUT2D eigenvalue weighted by atomic mass is 35.5. The second kappa shape index (κ2) is 7.36. The van der Waals surface area contributed by atoms with E-state index in [2.05, 4.69) is 10.3 Å². The lowest BCUT2D eigenvalue weighted by atomic mass is 10.2. The van der Waals surface area contributed by atoms with Gasteiger partial charge in [0.2, 0.25) is 0 Å². The number of rotatable bonds is 4. The quantitative estimate of drug-likeness (QED) is 0.714. The lowest BCUT2D eigenvalue weighted by Gasteiger charge is -2.17. The van der Waals surface area contributed by atoms with Crippen LogP contribution >= 0.6 is 11.6 Å². The van der Waals surface area contributed by atoms with Gasteiger partial charge in [0.25, 0.3) is 5.91 Å². The van der Waals surface area contributed by atoms with Gasteiger partial charge in [0.1, 0.15) is 5.69 Å². The molecular formula is C20H18ClN3O. The van der Waals surface area contributed by atoms with Crippen molar-refractivity contribution in [3.8, 4) is 0 Å². The first-order valence-corrected chi connectivity index (χ1v) is 8.25. The molecular weight excluding hydrogens is 334 g/mol. The third-order valence-electron chi connectivity index (χ3n) is 3.91. The van der Waals surface area contributed by atoms with Crippen LogP contribution in [0.4, 0.5) is 17.1 Å². The molecule has 3 rings (SSSR count). The van der Waals surface area contributed by atoms with Crippen LogP contribution in [0.2, 0.25) is 5.02 Å². The predicted molar refractivity (Wildman–Crippen MR) is 103 cm³/mol. The number of anilines is 3. The summed E-state index contributed by atoms with van der Waals surface area (Å²) in [4.78, 5) is 18.4. The standard InChI is InChI=1S/C20H18ClN3O/c1-14-8-9-15(21)12-19(14)23-16-10-11-18(22-13-16)20(25)24(2)17-6-4-3-5-7-17/h3-13,23H,1-2H3. The molecule has 0 unspecified atom stereocenters. The Balaban J connectivity index is 1.76. The lowest BCUT2D eigenvalue weighted by molar-refractivity contribution is 0.0988. The van der Waals surface area contributed by atoms with Gasteiger partial charge in [-0.3, -0.25) is 4.79 Å². The van der Waals surface area contributed by atoms with Crippen molar-refractivity contribution in [2.45, 2.75) is 6.92 Å². The minimum Gasteiger partial charge on any atom is -0.354 e. The number of nitrogens with one attached hydrogen (secondary N) is 1. The average molecular weight is 352 g/mol. The zero-order valence-electron chi connectivity index (χ0n) is 14.0. The normalized spacial score (nSPS) is 10.4. The number of halogens is 1. The number of carbonyl (C=O) groups is 1. The van der Waals surface area contributed by atoms with Gasteiger partial charge in [-0.2, -0.15) is 0 Å². The maximum atomic E-state index is 12.5. The molecule has 2 aromatic carbocycles. The molecule has 0 aliphatic carbocycles. The second-order valence-electron chi connectivity index (χ2n) is 5.72. The lowest BCUT2D eigenvalue weighted by Crippen LogP contribution is -2.26. The number of hydrogen-bond acceptors (Lipinski definition) is 3. The van der Waals surface area contributed by atoms with Crippen LogP contribution in [0.15, 0.2) is 66.9 Å². The van der Waals surface area contributed by atoms with Crippen molar-refractivity contribution in [1.82, 2.24) is 4.98 Å². The predicted octanol–water partition coefficient (Wildman–Crippen LogP) is 5.06. The van der Waals surface area contributed by atoms with E-state index in [1.807, 2.05) is 61.5 Å². The molecule has 0 aliphatic rings. The van der Waals surface area contributed by atoms with E-state index in [0.29, 0.717) is 10.7 Å². The molecule has 1 aromatic heterocycles. The van der Waals surface area contributed by atoms with E-state index >= 15 is 0 Å². The molecule has 126 valence electrons. The van der Waals surface area contributed by atoms with Crippen molar-refractivity contribution in [2.75, 3.05) is 17.3 Å². The Morgan fingerprint density at radius 3 is 2.52 bits per heavy atom. The summed E-state index contributed by atoms with van der Waals surface area (Å²) in [5, 5.41) is 3.93. The summed E-state index contributed by atoms with van der Waals surface area (Å²) >= 11 is 6.04. The Hall–Kier alpha value is -2.85. The number of para-hydroxylation sites is 1. The van der Waals surface area contributed by atoms with Crippen LogP contribution in [0.5, 0.6) is 0 Å². The third-order valence-corrected chi connectivity index (χ3v) is 4.14. The van der Waals surface area contributed by atoms with E-state index in [0.717, 1.165) is 22.6 Å². The highest BCUT2D eigenvalue weighted by Gasteiger charge is 2.14. The molecule has 25 heavy (non-hydrogen) atoms. The summed E-state index contributed by atoms with van der Waals surface area (Å²) in [6, 6.07) is 18.7. The summed E-state index contributed by atoms with van der Waals surface area (Å²) in [5.41, 5.74) is 4.00. The smallest absolute Gasteiger partial charge is 0.276 e. The molecule has 4 nitrogen and oxygen atoms in total. The van der Waals surface area contributed by atoms with Crippen LogP contribution in [0.3, 0.4) is 0 Å². The molecule has 0 aliphatic heterocycles. The highest BCUT2D eigenvalue weighted by Crippen LogP contribution is 2.24. The van der Waals surface area contributed by atoms with Crippen LogP contribution in [-0.4, -0.2) is 17.9 Å². The fourth-order valence-corrected chi connectivity index (χ4v) is 2.59. The van der Waals surface area contributed by atoms with Crippen molar-refractivity contribution in [3.05, 3.63) is 83.1 Å². The Kier molecular flexibility index (Phi) is 5.00. The van der Waals surface area contributed by atoms with Crippen LogP contribution in [-0.2, 0) is 0 Å². The Morgan fingerprint density at radius 2 is 1.84 bits per heavy atom. The summed E-state index contributed by atoms with van der Waals surface area (Å²) in [5.74, 6) is -0.156. The summed E-state index contributed by atoms with van der Waals surface area (Å²) in [6.45, 7) is 2.00. The first-order chi connectivity index (χ1) is 12.0. The van der Waals surface area contributed by atoms with E-state index in [1.54, 1.807) is 24.2 Å². The summed E-state index contributed by atoms with van der Waals surface area (Å²) in [6.07, 6.45) is 1.65. The monoisotopic (exact) mass is 351 g/mol. The van der Waals surface area contributed by atoms with Crippen LogP contribution in [0.1, 0.15) is 16.1 Å². The topological polar surface area (TPSA) is 45.2 Å². The van der Waals surface area contributed by atoms with Crippen LogP contribution in [0, 0.1) is 6.92 Å². The fourth-order valence-electron chi connectivity index (χ4n) is 2.42. The molecule has 0 saturated heterocycles. The van der Waals surface area contributed by atoms with Crippen molar-refractivity contribution in [3.63, 3.8) is 0 Å². The number of aryl methyl sites for hydroxylation is 1. The molecule has 1 heterocycles. The van der Waals surface area contributed by atoms with Crippen LogP contribution in [0.25, 0.3) is 0 Å². The van der Waals surface area contributed by atoms with Gasteiger partial charge in [-0.15, -0.1) is 0 Å². The van der Waals surface area contributed by atoms with E-state index < -0.39 is 0 Å². The van der Waals surface area contributed by atoms with Gasteiger partial charge < -0.3 is 10.2 Å². The molecule has 0 saturated carbocycles. The van der Waals surface area contributed by atoms with E-state index in [-0.39, 0.29) is 5.91 Å². The molecule has 3 aromatic rings. The summed E-state index contributed by atoms with van der Waals surface area (Å²) < 4.78 is 0. The van der Waals surface area contributed by atoms with Crippen LogP contribution < -0.4 is 10.2 Å². The Labute approximate surface area is 152 Å². The SMILES string of the molecule is Cc1ccc(Cl)cc1Nc1ccc(C(=O)N(C)c2ccccc2)nc1. The number of amides is 1. The van der Waals surface area contributed by atoms with Crippen molar-refractivity contribution < 1.29 is 4.79 Å². The zero-order valence-corrected chi connectivity index (χ0v) is 14.8. The number of benzene rings is 2. The number of pyridine rings is 1. The van der Waals surface area contributed by atoms with Gasteiger partial charge in [-0.1, -0.05) is 35.9 Å². The molecule has 0 spiro atoms. The molecule has 0 fully saturated rings. The zero-order chi connectivity index (χ0) is 17.8. The molecule has 5 heteroatoms. The first kappa shape index (κ1) is 17.0. The van der Waals surface area contributed by atoms with E-state index in [4.69, 9.17) is 11.6 Å². The summed E-state index contributed by atoms with van der Waals surface area (Å²) in [7, 11) is 1.74. The number of hydrogen-bond donors (Lipinski definition) is 1. The average Bonchev–Trinajstić information content (AvgIpc) is 2.65. The minimum absolute atomic E-state index is 0.156. The van der Waals surface area contributed by atoms with E-state index in [9.17, 15) is 4.79 Å². The Bertz CT molecular complexity index is 879. The largest absolute Gasteiger partial charge is 0.354 e. The van der Waals surface area contributed by atoms with Gasteiger partial charge in [0.05, 0.1) is 11.9 Å². The van der Waals surface area contributed by atoms with Gasteiger partial charge in [-0.05, 0) is 48.9 Å².